The normalized spacial score (nSPS) is 13.4. The molecule has 0 radical (unpaired) electrons. The van der Waals surface area contributed by atoms with Crippen molar-refractivity contribution in [2.45, 2.75) is 27.2 Å². The minimum atomic E-state index is 0.599. The molecular weight excluding hydrogens is 240 g/mol. The minimum absolute atomic E-state index is 0.599. The second-order valence-electron chi connectivity index (χ2n) is 3.41. The highest BCUT2D eigenvalue weighted by Gasteiger charge is 2.02. The molecule has 0 N–H and O–H groups in total. The van der Waals surface area contributed by atoms with Gasteiger partial charge in [0.1, 0.15) is 10.9 Å². The maximum absolute atomic E-state index is 4.15. The molecule has 0 aliphatic heterocycles. The lowest BCUT2D eigenvalue weighted by Gasteiger charge is -2.03. The van der Waals surface area contributed by atoms with E-state index in [0.29, 0.717) is 5.92 Å². The van der Waals surface area contributed by atoms with E-state index in [4.69, 9.17) is 0 Å². The Morgan fingerprint density at radius 2 is 2.21 bits per heavy atom. The van der Waals surface area contributed by atoms with Crippen LogP contribution >= 0.6 is 15.9 Å². The van der Waals surface area contributed by atoms with Gasteiger partial charge in [0.2, 0.25) is 0 Å². The molecule has 1 atom stereocenters. The Hall–Kier alpha value is -0.700. The van der Waals surface area contributed by atoms with Gasteiger partial charge >= 0.3 is 0 Å². The summed E-state index contributed by atoms with van der Waals surface area (Å²) in [4.78, 5) is 8.25. The summed E-state index contributed by atoms with van der Waals surface area (Å²) in [6.07, 6.45) is 7.00. The van der Waals surface area contributed by atoms with Gasteiger partial charge in [-0.1, -0.05) is 32.4 Å². The second-order valence-corrected chi connectivity index (χ2v) is 4.16. The fraction of sp³-hybridized carbons (Fsp3) is 0.455. The highest BCUT2D eigenvalue weighted by atomic mass is 79.9. The van der Waals surface area contributed by atoms with Gasteiger partial charge in [0.25, 0.3) is 0 Å². The van der Waals surface area contributed by atoms with Crippen LogP contribution in [0.4, 0.5) is 0 Å². The van der Waals surface area contributed by atoms with Crippen molar-refractivity contribution in [2.75, 3.05) is 0 Å². The number of halogens is 1. The standard InChI is InChI=1S/C11H15BrN2/c1-4-8(2)5-6-10-9(3)13-7-14-11(10)12/h5-8H,4H2,1-3H3/b6-5-. The summed E-state index contributed by atoms with van der Waals surface area (Å²) in [5, 5.41) is 0. The summed E-state index contributed by atoms with van der Waals surface area (Å²) in [5.74, 6) is 0.599. The molecule has 0 fully saturated rings. The quantitative estimate of drug-likeness (QED) is 0.771. The number of nitrogens with zero attached hydrogens (tertiary/aromatic N) is 2. The molecule has 76 valence electrons. The third-order valence-electron chi connectivity index (χ3n) is 2.27. The Morgan fingerprint density at radius 1 is 1.50 bits per heavy atom. The molecule has 1 aromatic heterocycles. The van der Waals surface area contributed by atoms with E-state index in [1.165, 1.54) is 0 Å². The smallest absolute Gasteiger partial charge is 0.117 e. The van der Waals surface area contributed by atoms with Crippen molar-refractivity contribution in [2.24, 2.45) is 5.92 Å². The van der Waals surface area contributed by atoms with Crippen LogP contribution in [-0.4, -0.2) is 9.97 Å². The fourth-order valence-corrected chi connectivity index (χ4v) is 1.55. The maximum atomic E-state index is 4.15. The van der Waals surface area contributed by atoms with E-state index in [2.05, 4.69) is 51.9 Å². The SMILES string of the molecule is CCC(C)/C=C\c1c(C)ncnc1Br. The van der Waals surface area contributed by atoms with Crippen LogP contribution in [0, 0.1) is 12.8 Å². The van der Waals surface area contributed by atoms with Crippen LogP contribution in [0.2, 0.25) is 0 Å². The van der Waals surface area contributed by atoms with Gasteiger partial charge in [0.05, 0.1) is 0 Å². The van der Waals surface area contributed by atoms with Gasteiger partial charge in [-0.25, -0.2) is 9.97 Å². The topological polar surface area (TPSA) is 25.8 Å². The number of aryl methyl sites for hydroxylation is 1. The fourth-order valence-electron chi connectivity index (χ4n) is 1.04. The Labute approximate surface area is 93.6 Å². The van der Waals surface area contributed by atoms with Gasteiger partial charge in [-0.3, -0.25) is 0 Å². The summed E-state index contributed by atoms with van der Waals surface area (Å²) in [6.45, 7) is 6.37. The zero-order valence-electron chi connectivity index (χ0n) is 8.79. The largest absolute Gasteiger partial charge is 0.241 e. The van der Waals surface area contributed by atoms with Gasteiger partial charge in [0, 0.05) is 11.3 Å². The first-order valence-corrected chi connectivity index (χ1v) is 5.59. The first-order chi connectivity index (χ1) is 6.65. The summed E-state index contributed by atoms with van der Waals surface area (Å²) >= 11 is 3.42. The van der Waals surface area contributed by atoms with Crippen molar-refractivity contribution < 1.29 is 0 Å². The predicted molar refractivity (Wildman–Crippen MR) is 63.0 cm³/mol. The maximum Gasteiger partial charge on any atom is 0.117 e. The van der Waals surface area contributed by atoms with Crippen LogP contribution in [0.3, 0.4) is 0 Å². The molecule has 0 amide bonds. The van der Waals surface area contributed by atoms with Crippen LogP contribution in [0.15, 0.2) is 17.0 Å². The summed E-state index contributed by atoms with van der Waals surface area (Å²) in [7, 11) is 0. The number of rotatable bonds is 3. The van der Waals surface area contributed by atoms with Crippen molar-refractivity contribution in [3.63, 3.8) is 0 Å². The van der Waals surface area contributed by atoms with E-state index >= 15 is 0 Å². The van der Waals surface area contributed by atoms with E-state index in [-0.39, 0.29) is 0 Å². The third kappa shape index (κ3) is 2.91. The molecule has 1 rings (SSSR count). The average molecular weight is 255 g/mol. The molecule has 0 saturated heterocycles. The molecule has 2 nitrogen and oxygen atoms in total. The molecule has 0 saturated carbocycles. The first-order valence-electron chi connectivity index (χ1n) is 4.80. The van der Waals surface area contributed by atoms with Crippen LogP contribution < -0.4 is 0 Å². The monoisotopic (exact) mass is 254 g/mol. The Bertz CT molecular complexity index is 314. The van der Waals surface area contributed by atoms with Gasteiger partial charge in [-0.2, -0.15) is 0 Å². The zero-order chi connectivity index (χ0) is 10.6. The van der Waals surface area contributed by atoms with E-state index < -0.39 is 0 Å². The Balaban J connectivity index is 2.91. The highest BCUT2D eigenvalue weighted by Crippen LogP contribution is 2.18. The molecular formula is C11H15BrN2. The van der Waals surface area contributed by atoms with Crippen molar-refractivity contribution in [3.05, 3.63) is 28.3 Å². The zero-order valence-corrected chi connectivity index (χ0v) is 10.4. The number of hydrogen-bond acceptors (Lipinski definition) is 2. The second kappa shape index (κ2) is 5.25. The lowest BCUT2D eigenvalue weighted by molar-refractivity contribution is 0.701. The van der Waals surface area contributed by atoms with Crippen molar-refractivity contribution in [3.8, 4) is 0 Å². The van der Waals surface area contributed by atoms with E-state index in [9.17, 15) is 0 Å². The number of hydrogen-bond donors (Lipinski definition) is 0. The van der Waals surface area contributed by atoms with E-state index in [1.807, 2.05) is 6.92 Å². The lowest BCUT2D eigenvalue weighted by atomic mass is 10.1. The molecule has 0 spiro atoms. The molecule has 0 aliphatic carbocycles. The molecule has 0 bridgehead atoms. The average Bonchev–Trinajstić information content (AvgIpc) is 2.16. The van der Waals surface area contributed by atoms with E-state index in [1.54, 1.807) is 6.33 Å². The van der Waals surface area contributed by atoms with Gasteiger partial charge < -0.3 is 0 Å². The minimum Gasteiger partial charge on any atom is -0.241 e. The molecule has 0 aliphatic rings. The van der Waals surface area contributed by atoms with Crippen LogP contribution in [0.5, 0.6) is 0 Å². The van der Waals surface area contributed by atoms with Crippen molar-refractivity contribution in [1.82, 2.24) is 9.97 Å². The third-order valence-corrected chi connectivity index (χ3v) is 2.90. The van der Waals surface area contributed by atoms with Crippen molar-refractivity contribution >= 4 is 22.0 Å². The van der Waals surface area contributed by atoms with Gasteiger partial charge in [-0.05, 0) is 28.8 Å². The van der Waals surface area contributed by atoms with Gasteiger partial charge in [0.15, 0.2) is 0 Å². The molecule has 3 heteroatoms. The van der Waals surface area contributed by atoms with Crippen LogP contribution in [0.1, 0.15) is 31.5 Å². The van der Waals surface area contributed by atoms with Crippen LogP contribution in [-0.2, 0) is 0 Å². The van der Waals surface area contributed by atoms with Crippen LogP contribution in [0.25, 0.3) is 6.08 Å². The molecule has 1 aromatic rings. The Morgan fingerprint density at radius 3 is 2.79 bits per heavy atom. The highest BCUT2D eigenvalue weighted by molar-refractivity contribution is 9.10. The van der Waals surface area contributed by atoms with E-state index in [0.717, 1.165) is 22.3 Å². The molecule has 1 heterocycles. The summed E-state index contributed by atoms with van der Waals surface area (Å²) in [6, 6.07) is 0. The first kappa shape index (κ1) is 11.4. The molecule has 1 unspecified atom stereocenters. The summed E-state index contributed by atoms with van der Waals surface area (Å²) in [5.41, 5.74) is 2.08. The van der Waals surface area contributed by atoms with Crippen molar-refractivity contribution in [1.29, 1.82) is 0 Å². The number of allylic oxidation sites excluding steroid dienone is 1. The Kier molecular flexibility index (Phi) is 4.26. The van der Waals surface area contributed by atoms with Gasteiger partial charge in [-0.15, -0.1) is 0 Å². The molecule has 0 aromatic carbocycles. The number of aromatic nitrogens is 2. The summed E-state index contributed by atoms with van der Waals surface area (Å²) < 4.78 is 0.865. The predicted octanol–water partition coefficient (Wildman–Crippen LogP) is 3.61. The molecule has 14 heavy (non-hydrogen) atoms. The lowest BCUT2D eigenvalue weighted by Crippen LogP contribution is -1.92.